The van der Waals surface area contributed by atoms with Gasteiger partial charge in [0.15, 0.2) is 12.7 Å². The molecule has 0 aliphatic carbocycles. The minimum absolute atomic E-state index is 0.00834. The lowest BCUT2D eigenvalue weighted by atomic mass is 10.1. The molecule has 1 aliphatic rings. The minimum atomic E-state index is -0.882. The number of ether oxygens (including phenoxy) is 2. The van der Waals surface area contributed by atoms with Gasteiger partial charge in [0.2, 0.25) is 5.78 Å². The van der Waals surface area contributed by atoms with Gasteiger partial charge in [0, 0.05) is 12.1 Å². The second kappa shape index (κ2) is 8.03. The van der Waals surface area contributed by atoms with E-state index in [4.69, 9.17) is 9.47 Å². The van der Waals surface area contributed by atoms with Crippen LogP contribution in [0.5, 0.6) is 5.75 Å². The van der Waals surface area contributed by atoms with E-state index in [1.165, 1.54) is 4.90 Å². The summed E-state index contributed by atoms with van der Waals surface area (Å²) in [7, 11) is 0. The number of anilines is 1. The highest BCUT2D eigenvalue weighted by molar-refractivity contribution is 6.00. The van der Waals surface area contributed by atoms with Crippen LogP contribution in [0.4, 0.5) is 5.69 Å². The van der Waals surface area contributed by atoms with Crippen LogP contribution in [0.15, 0.2) is 48.5 Å². The van der Waals surface area contributed by atoms with Gasteiger partial charge < -0.3 is 14.4 Å². The van der Waals surface area contributed by atoms with Crippen molar-refractivity contribution in [3.8, 4) is 5.75 Å². The van der Waals surface area contributed by atoms with Crippen LogP contribution in [-0.4, -0.2) is 36.9 Å². The van der Waals surface area contributed by atoms with E-state index in [9.17, 15) is 14.4 Å². The van der Waals surface area contributed by atoms with E-state index in [1.807, 2.05) is 25.1 Å². The highest BCUT2D eigenvalue weighted by Gasteiger charge is 2.26. The Morgan fingerprint density at radius 1 is 1.15 bits per heavy atom. The van der Waals surface area contributed by atoms with Crippen LogP contribution in [-0.2, 0) is 14.3 Å². The van der Waals surface area contributed by atoms with Gasteiger partial charge in [-0.25, -0.2) is 0 Å². The largest absolute Gasteiger partial charge is 0.482 e. The molecule has 6 nitrogen and oxygen atoms in total. The van der Waals surface area contributed by atoms with E-state index in [2.05, 4.69) is 0 Å². The first-order chi connectivity index (χ1) is 13.0. The quantitative estimate of drug-likeness (QED) is 0.580. The number of Topliss-reactive ketones (excluding diaryl/α,β-unsaturated/α-hetero) is 1. The first-order valence-corrected chi connectivity index (χ1v) is 8.78. The number of hydrogen-bond donors (Lipinski definition) is 0. The molecule has 0 aromatic heterocycles. The van der Waals surface area contributed by atoms with Crippen molar-refractivity contribution in [1.29, 1.82) is 0 Å². The third kappa shape index (κ3) is 4.34. The van der Waals surface area contributed by atoms with Gasteiger partial charge in [-0.05, 0) is 26.0 Å². The third-order valence-electron chi connectivity index (χ3n) is 4.36. The number of amides is 1. The molecule has 140 valence electrons. The second-order valence-corrected chi connectivity index (χ2v) is 6.41. The molecule has 1 heterocycles. The van der Waals surface area contributed by atoms with E-state index in [0.29, 0.717) is 17.0 Å². The first-order valence-electron chi connectivity index (χ1n) is 8.78. The van der Waals surface area contributed by atoms with Crippen molar-refractivity contribution in [3.63, 3.8) is 0 Å². The van der Waals surface area contributed by atoms with Crippen LogP contribution in [0.1, 0.15) is 29.3 Å². The van der Waals surface area contributed by atoms with Crippen molar-refractivity contribution < 1.29 is 23.9 Å². The fourth-order valence-corrected chi connectivity index (χ4v) is 2.86. The van der Waals surface area contributed by atoms with Crippen LogP contribution in [0.3, 0.4) is 0 Å². The topological polar surface area (TPSA) is 72.9 Å². The number of fused-ring (bicyclic) bond motifs is 1. The van der Waals surface area contributed by atoms with Gasteiger partial charge in [-0.15, -0.1) is 0 Å². The predicted molar refractivity (Wildman–Crippen MR) is 100.0 cm³/mol. The van der Waals surface area contributed by atoms with Gasteiger partial charge >= 0.3 is 5.97 Å². The zero-order valence-electron chi connectivity index (χ0n) is 15.3. The van der Waals surface area contributed by atoms with E-state index in [-0.39, 0.29) is 31.3 Å². The van der Waals surface area contributed by atoms with E-state index in [0.717, 1.165) is 5.56 Å². The van der Waals surface area contributed by atoms with Crippen molar-refractivity contribution in [2.45, 2.75) is 26.4 Å². The number of esters is 1. The number of carbonyl (C=O) groups is 3. The summed E-state index contributed by atoms with van der Waals surface area (Å²) >= 11 is 0. The summed E-state index contributed by atoms with van der Waals surface area (Å²) in [6.07, 6.45) is -0.890. The molecule has 2 aromatic rings. The van der Waals surface area contributed by atoms with Crippen molar-refractivity contribution in [3.05, 3.63) is 59.7 Å². The molecular formula is C21H21NO5. The van der Waals surface area contributed by atoms with Crippen LogP contribution in [0, 0.1) is 6.92 Å². The number of benzene rings is 2. The Labute approximate surface area is 157 Å². The zero-order valence-corrected chi connectivity index (χ0v) is 15.3. The van der Waals surface area contributed by atoms with Crippen molar-refractivity contribution in [2.75, 3.05) is 18.1 Å². The number of para-hydroxylation sites is 2. The Morgan fingerprint density at radius 3 is 2.59 bits per heavy atom. The molecule has 0 radical (unpaired) electrons. The molecule has 0 unspecified atom stereocenters. The van der Waals surface area contributed by atoms with Crippen LogP contribution >= 0.6 is 0 Å². The monoisotopic (exact) mass is 367 g/mol. The number of hydrogen-bond acceptors (Lipinski definition) is 5. The SMILES string of the molecule is Cc1ccc(C(=O)[C@@H](C)OC(=O)CCN2C(=O)COc3ccccc32)cc1. The van der Waals surface area contributed by atoms with Crippen LogP contribution in [0.2, 0.25) is 0 Å². The third-order valence-corrected chi connectivity index (χ3v) is 4.36. The lowest BCUT2D eigenvalue weighted by Gasteiger charge is -2.29. The number of carbonyl (C=O) groups excluding carboxylic acids is 3. The first kappa shape index (κ1) is 18.6. The normalized spacial score (nSPS) is 14.1. The summed E-state index contributed by atoms with van der Waals surface area (Å²) in [6.45, 7) is 3.59. The molecule has 2 aromatic carbocycles. The molecule has 1 amide bonds. The Morgan fingerprint density at radius 2 is 1.85 bits per heavy atom. The summed E-state index contributed by atoms with van der Waals surface area (Å²) in [5, 5.41) is 0. The summed E-state index contributed by atoms with van der Waals surface area (Å²) in [4.78, 5) is 38.1. The number of aryl methyl sites for hydroxylation is 1. The van der Waals surface area contributed by atoms with E-state index < -0.39 is 12.1 Å². The number of rotatable bonds is 6. The summed E-state index contributed by atoms with van der Waals surface area (Å²) < 4.78 is 10.6. The molecular weight excluding hydrogens is 346 g/mol. The summed E-state index contributed by atoms with van der Waals surface area (Å²) in [5.41, 5.74) is 2.18. The van der Waals surface area contributed by atoms with Gasteiger partial charge in [0.1, 0.15) is 5.75 Å². The summed E-state index contributed by atoms with van der Waals surface area (Å²) in [6, 6.07) is 14.3. The maximum absolute atomic E-state index is 12.4. The van der Waals surface area contributed by atoms with Crippen LogP contribution < -0.4 is 9.64 Å². The lowest BCUT2D eigenvalue weighted by Crippen LogP contribution is -2.40. The fraction of sp³-hybridized carbons (Fsp3) is 0.286. The molecule has 1 aliphatic heterocycles. The number of ketones is 1. The Hall–Kier alpha value is -3.15. The van der Waals surface area contributed by atoms with E-state index >= 15 is 0 Å². The minimum Gasteiger partial charge on any atom is -0.482 e. The molecule has 0 saturated heterocycles. The molecule has 0 N–H and O–H groups in total. The van der Waals surface area contributed by atoms with Crippen molar-refractivity contribution in [2.24, 2.45) is 0 Å². The molecule has 1 atom stereocenters. The Bertz CT molecular complexity index is 859. The molecule has 0 fully saturated rings. The maximum Gasteiger partial charge on any atom is 0.308 e. The van der Waals surface area contributed by atoms with Gasteiger partial charge in [-0.1, -0.05) is 42.0 Å². The Kier molecular flexibility index (Phi) is 5.54. The molecule has 27 heavy (non-hydrogen) atoms. The molecule has 3 rings (SSSR count). The summed E-state index contributed by atoms with van der Waals surface area (Å²) in [5.74, 6) is -0.394. The van der Waals surface area contributed by atoms with Crippen LogP contribution in [0.25, 0.3) is 0 Å². The standard InChI is InChI=1S/C21H21NO5/c1-14-7-9-16(10-8-14)21(25)15(2)27-20(24)11-12-22-17-5-3-4-6-18(17)26-13-19(22)23/h3-10,15H,11-13H2,1-2H3/t15-/m1/s1. The lowest BCUT2D eigenvalue weighted by molar-refractivity contribution is -0.146. The van der Waals surface area contributed by atoms with Gasteiger partial charge in [-0.3, -0.25) is 14.4 Å². The average Bonchev–Trinajstić information content (AvgIpc) is 2.67. The smallest absolute Gasteiger partial charge is 0.308 e. The highest BCUT2D eigenvalue weighted by Crippen LogP contribution is 2.31. The molecule has 0 bridgehead atoms. The Balaban J connectivity index is 1.57. The average molecular weight is 367 g/mol. The van der Waals surface area contributed by atoms with E-state index in [1.54, 1.807) is 37.3 Å². The fourth-order valence-electron chi connectivity index (χ4n) is 2.86. The van der Waals surface area contributed by atoms with Crippen molar-refractivity contribution in [1.82, 2.24) is 0 Å². The maximum atomic E-state index is 12.4. The molecule has 0 saturated carbocycles. The van der Waals surface area contributed by atoms with Crippen molar-refractivity contribution >= 4 is 23.3 Å². The predicted octanol–water partition coefficient (Wildman–Crippen LogP) is 2.93. The second-order valence-electron chi connectivity index (χ2n) is 6.41. The van der Waals surface area contributed by atoms with Gasteiger partial charge in [0.25, 0.3) is 5.91 Å². The van der Waals surface area contributed by atoms with Gasteiger partial charge in [-0.2, -0.15) is 0 Å². The highest BCUT2D eigenvalue weighted by atomic mass is 16.5. The molecule has 0 spiro atoms. The molecule has 6 heteroatoms. The van der Waals surface area contributed by atoms with Gasteiger partial charge in [0.05, 0.1) is 12.1 Å². The number of nitrogens with zero attached hydrogens (tertiary/aromatic N) is 1. The zero-order chi connectivity index (χ0) is 19.4.